The third-order valence-electron chi connectivity index (χ3n) is 6.01. The number of likely N-dealkylation sites (tertiary alicyclic amines) is 1. The SMILES string of the molecule is Cc1ccc(C2CCCCN2C(=O)c2cccc(N3CCN(C)CC3)n2)cc1. The van der Waals surface area contributed by atoms with E-state index >= 15 is 0 Å². The van der Waals surface area contributed by atoms with Crippen molar-refractivity contribution in [1.82, 2.24) is 14.8 Å². The standard InChI is InChI=1S/C23H30N4O/c1-18-9-11-19(12-10-18)21-7-3-4-13-27(21)23(28)20-6-5-8-22(24-20)26-16-14-25(2)15-17-26/h5-6,8-12,21H,3-4,7,13-17H2,1-2H3. The van der Waals surface area contributed by atoms with Crippen LogP contribution in [0.3, 0.4) is 0 Å². The van der Waals surface area contributed by atoms with Crippen LogP contribution in [0.2, 0.25) is 0 Å². The van der Waals surface area contributed by atoms with E-state index in [1.165, 1.54) is 11.1 Å². The van der Waals surface area contributed by atoms with Gasteiger partial charge in [-0.25, -0.2) is 4.98 Å². The number of aryl methyl sites for hydroxylation is 1. The lowest BCUT2D eigenvalue weighted by Gasteiger charge is -2.36. The molecule has 2 saturated heterocycles. The number of amides is 1. The number of aromatic nitrogens is 1. The molecule has 2 aliphatic rings. The molecule has 2 fully saturated rings. The molecule has 4 rings (SSSR count). The average molecular weight is 379 g/mol. The van der Waals surface area contributed by atoms with Crippen LogP contribution in [0.25, 0.3) is 0 Å². The van der Waals surface area contributed by atoms with E-state index < -0.39 is 0 Å². The van der Waals surface area contributed by atoms with Crippen molar-refractivity contribution in [2.24, 2.45) is 0 Å². The van der Waals surface area contributed by atoms with E-state index in [0.29, 0.717) is 5.69 Å². The molecule has 1 atom stereocenters. The molecule has 5 nitrogen and oxygen atoms in total. The monoisotopic (exact) mass is 378 g/mol. The van der Waals surface area contributed by atoms with Crippen molar-refractivity contribution in [2.75, 3.05) is 44.7 Å². The molecule has 2 aliphatic heterocycles. The molecule has 2 aromatic rings. The number of hydrogen-bond acceptors (Lipinski definition) is 4. The maximum atomic E-state index is 13.4. The third kappa shape index (κ3) is 4.04. The van der Waals surface area contributed by atoms with Gasteiger partial charge in [-0.1, -0.05) is 35.9 Å². The number of nitrogens with zero attached hydrogens (tertiary/aromatic N) is 4. The minimum absolute atomic E-state index is 0.0567. The fraction of sp³-hybridized carbons (Fsp3) is 0.478. The number of likely N-dealkylation sites (N-methyl/N-ethyl adjacent to an activating group) is 1. The summed E-state index contributed by atoms with van der Waals surface area (Å²) >= 11 is 0. The summed E-state index contributed by atoms with van der Waals surface area (Å²) in [5, 5.41) is 0. The van der Waals surface area contributed by atoms with Crippen molar-refractivity contribution in [1.29, 1.82) is 0 Å². The first kappa shape index (κ1) is 18.9. The van der Waals surface area contributed by atoms with Gasteiger partial charge in [0.2, 0.25) is 0 Å². The number of anilines is 1. The van der Waals surface area contributed by atoms with Gasteiger partial charge in [-0.2, -0.15) is 0 Å². The number of rotatable bonds is 3. The molecule has 5 heteroatoms. The normalized spacial score (nSPS) is 21.0. The van der Waals surface area contributed by atoms with Crippen molar-refractivity contribution in [3.63, 3.8) is 0 Å². The number of carbonyl (C=O) groups excluding carboxylic acids is 1. The second-order valence-electron chi connectivity index (χ2n) is 8.09. The van der Waals surface area contributed by atoms with Crippen LogP contribution in [0.15, 0.2) is 42.5 Å². The van der Waals surface area contributed by atoms with Crippen LogP contribution in [0.1, 0.15) is 46.9 Å². The highest BCUT2D eigenvalue weighted by molar-refractivity contribution is 5.93. The Labute approximate surface area is 168 Å². The summed E-state index contributed by atoms with van der Waals surface area (Å²) in [6.07, 6.45) is 3.25. The van der Waals surface area contributed by atoms with Crippen molar-refractivity contribution < 1.29 is 4.79 Å². The fourth-order valence-electron chi connectivity index (χ4n) is 4.21. The Morgan fingerprint density at radius 1 is 0.964 bits per heavy atom. The highest BCUT2D eigenvalue weighted by atomic mass is 16.2. The Balaban J connectivity index is 1.55. The molecule has 0 aliphatic carbocycles. The van der Waals surface area contributed by atoms with Gasteiger partial charge in [-0.15, -0.1) is 0 Å². The summed E-state index contributed by atoms with van der Waals surface area (Å²) < 4.78 is 0. The molecule has 1 unspecified atom stereocenters. The van der Waals surface area contributed by atoms with Crippen LogP contribution in [0.5, 0.6) is 0 Å². The second kappa shape index (κ2) is 8.31. The van der Waals surface area contributed by atoms with Gasteiger partial charge in [0.1, 0.15) is 11.5 Å². The molecule has 0 bridgehead atoms. The van der Waals surface area contributed by atoms with Gasteiger partial charge in [-0.05, 0) is 50.9 Å². The minimum Gasteiger partial charge on any atom is -0.354 e. The number of benzene rings is 1. The van der Waals surface area contributed by atoms with Crippen LogP contribution >= 0.6 is 0 Å². The lowest BCUT2D eigenvalue weighted by Crippen LogP contribution is -2.45. The van der Waals surface area contributed by atoms with Gasteiger partial charge in [0, 0.05) is 32.7 Å². The lowest BCUT2D eigenvalue weighted by atomic mass is 9.94. The minimum atomic E-state index is 0.0567. The number of piperidine rings is 1. The number of hydrogen-bond donors (Lipinski definition) is 0. The Morgan fingerprint density at radius 2 is 1.71 bits per heavy atom. The predicted molar refractivity (Wildman–Crippen MR) is 113 cm³/mol. The smallest absolute Gasteiger partial charge is 0.273 e. The van der Waals surface area contributed by atoms with E-state index in [4.69, 9.17) is 4.98 Å². The zero-order valence-electron chi connectivity index (χ0n) is 17.0. The maximum Gasteiger partial charge on any atom is 0.273 e. The Bertz CT molecular complexity index is 812. The lowest BCUT2D eigenvalue weighted by molar-refractivity contribution is 0.0605. The summed E-state index contributed by atoms with van der Waals surface area (Å²) in [6.45, 7) is 6.87. The van der Waals surface area contributed by atoms with Gasteiger partial charge < -0.3 is 14.7 Å². The van der Waals surface area contributed by atoms with Crippen LogP contribution in [0.4, 0.5) is 5.82 Å². The first-order valence-electron chi connectivity index (χ1n) is 10.4. The van der Waals surface area contributed by atoms with Gasteiger partial charge in [-0.3, -0.25) is 4.79 Å². The first-order chi connectivity index (χ1) is 13.6. The highest BCUT2D eigenvalue weighted by Gasteiger charge is 2.29. The van der Waals surface area contributed by atoms with Crippen LogP contribution in [0, 0.1) is 6.92 Å². The molecular weight excluding hydrogens is 348 g/mol. The van der Waals surface area contributed by atoms with E-state index in [0.717, 1.165) is 57.8 Å². The molecule has 0 radical (unpaired) electrons. The van der Waals surface area contributed by atoms with Gasteiger partial charge in [0.25, 0.3) is 5.91 Å². The quantitative estimate of drug-likeness (QED) is 0.819. The Hall–Kier alpha value is -2.40. The number of carbonyl (C=O) groups is 1. The van der Waals surface area contributed by atoms with Gasteiger partial charge in [0.05, 0.1) is 6.04 Å². The van der Waals surface area contributed by atoms with Crippen molar-refractivity contribution in [3.8, 4) is 0 Å². The Kier molecular flexibility index (Phi) is 5.62. The van der Waals surface area contributed by atoms with Crippen LogP contribution in [-0.2, 0) is 0 Å². The summed E-state index contributed by atoms with van der Waals surface area (Å²) in [5.74, 6) is 0.976. The van der Waals surface area contributed by atoms with E-state index in [2.05, 4.69) is 48.0 Å². The number of piperazine rings is 1. The Morgan fingerprint density at radius 3 is 2.46 bits per heavy atom. The van der Waals surface area contributed by atoms with E-state index in [1.54, 1.807) is 0 Å². The maximum absolute atomic E-state index is 13.4. The van der Waals surface area contributed by atoms with Gasteiger partial charge >= 0.3 is 0 Å². The van der Waals surface area contributed by atoms with Gasteiger partial charge in [0.15, 0.2) is 0 Å². The van der Waals surface area contributed by atoms with E-state index in [1.807, 2.05) is 23.1 Å². The fourth-order valence-corrected chi connectivity index (χ4v) is 4.21. The molecule has 0 spiro atoms. The molecule has 28 heavy (non-hydrogen) atoms. The third-order valence-corrected chi connectivity index (χ3v) is 6.01. The largest absolute Gasteiger partial charge is 0.354 e. The number of pyridine rings is 1. The zero-order chi connectivity index (χ0) is 19.5. The molecule has 1 amide bonds. The van der Waals surface area contributed by atoms with Crippen LogP contribution in [-0.4, -0.2) is 60.5 Å². The highest BCUT2D eigenvalue weighted by Crippen LogP contribution is 2.32. The molecule has 0 saturated carbocycles. The molecule has 1 aromatic carbocycles. The van der Waals surface area contributed by atoms with Crippen LogP contribution < -0.4 is 4.90 Å². The topological polar surface area (TPSA) is 39.7 Å². The summed E-state index contributed by atoms with van der Waals surface area (Å²) in [7, 11) is 2.15. The van der Waals surface area contributed by atoms with Crippen molar-refractivity contribution >= 4 is 11.7 Å². The summed E-state index contributed by atoms with van der Waals surface area (Å²) in [6, 6.07) is 14.6. The molecule has 1 aromatic heterocycles. The predicted octanol–water partition coefficient (Wildman–Crippen LogP) is 3.51. The van der Waals surface area contributed by atoms with E-state index in [9.17, 15) is 4.79 Å². The zero-order valence-corrected chi connectivity index (χ0v) is 17.0. The van der Waals surface area contributed by atoms with Crippen molar-refractivity contribution in [2.45, 2.75) is 32.2 Å². The summed E-state index contributed by atoms with van der Waals surface area (Å²) in [5.41, 5.74) is 3.04. The van der Waals surface area contributed by atoms with Crippen molar-refractivity contribution in [3.05, 3.63) is 59.3 Å². The molecule has 148 valence electrons. The summed E-state index contributed by atoms with van der Waals surface area (Å²) in [4.78, 5) is 24.8. The molecule has 0 N–H and O–H groups in total. The second-order valence-corrected chi connectivity index (χ2v) is 8.09. The molecular formula is C23H30N4O. The first-order valence-corrected chi connectivity index (χ1v) is 10.4. The van der Waals surface area contributed by atoms with E-state index in [-0.39, 0.29) is 11.9 Å². The average Bonchev–Trinajstić information content (AvgIpc) is 2.74. The molecule has 3 heterocycles.